The van der Waals surface area contributed by atoms with E-state index in [0.717, 1.165) is 31.2 Å². The number of rotatable bonds is 13. The molecule has 0 aromatic heterocycles. The van der Waals surface area contributed by atoms with Gasteiger partial charge in [0.25, 0.3) is 0 Å². The number of unbranched alkanes of at least 4 members (excludes halogenated alkanes) is 1. The number of esters is 1. The maximum Gasteiger partial charge on any atom is 0.307 e. The molecule has 31 heavy (non-hydrogen) atoms. The zero-order chi connectivity index (χ0) is 22.5. The van der Waals surface area contributed by atoms with Crippen LogP contribution in [0.25, 0.3) is 0 Å². The molecule has 1 unspecified atom stereocenters. The van der Waals surface area contributed by atoms with E-state index < -0.39 is 0 Å². The van der Waals surface area contributed by atoms with Crippen molar-refractivity contribution in [2.75, 3.05) is 6.61 Å². The van der Waals surface area contributed by atoms with Crippen molar-refractivity contribution in [2.45, 2.75) is 57.9 Å². The second-order valence-electron chi connectivity index (χ2n) is 7.62. The molecule has 166 valence electrons. The summed E-state index contributed by atoms with van der Waals surface area (Å²) in [5, 5.41) is 10.4. The van der Waals surface area contributed by atoms with Gasteiger partial charge < -0.3 is 15.8 Å². The third-order valence-corrected chi connectivity index (χ3v) is 5.09. The number of carbonyl (C=O) groups is 2. The predicted octanol–water partition coefficient (Wildman–Crippen LogP) is 3.75. The molecule has 0 aliphatic carbocycles. The normalized spacial score (nSPS) is 11.5. The van der Waals surface area contributed by atoms with Crippen LogP contribution in [0.2, 0.25) is 0 Å². The van der Waals surface area contributed by atoms with E-state index >= 15 is 0 Å². The molecular formula is C25H33N3O3. The minimum absolute atomic E-state index is 0.0331. The highest BCUT2D eigenvalue weighted by molar-refractivity contribution is 5.94. The number of nitrogen functional groups attached to an aromatic ring is 1. The zero-order valence-corrected chi connectivity index (χ0v) is 18.2. The summed E-state index contributed by atoms with van der Waals surface area (Å²) in [7, 11) is 0. The number of amides is 1. The van der Waals surface area contributed by atoms with Crippen LogP contribution in [0.5, 0.6) is 0 Å². The van der Waals surface area contributed by atoms with Crippen LogP contribution in [-0.2, 0) is 27.2 Å². The number of nitrogens with two attached hydrogens (primary N) is 1. The maximum atomic E-state index is 12.4. The Bertz CT molecular complexity index is 835. The molecule has 0 saturated carbocycles. The summed E-state index contributed by atoms with van der Waals surface area (Å²) >= 11 is 0. The smallest absolute Gasteiger partial charge is 0.307 e. The van der Waals surface area contributed by atoms with Gasteiger partial charge in [0.1, 0.15) is 5.84 Å². The number of benzene rings is 2. The fourth-order valence-corrected chi connectivity index (χ4v) is 3.40. The van der Waals surface area contributed by atoms with Crippen LogP contribution in [-0.4, -0.2) is 30.4 Å². The molecule has 4 N–H and O–H groups in total. The van der Waals surface area contributed by atoms with Crippen molar-refractivity contribution in [3.05, 3.63) is 71.3 Å². The Kier molecular flexibility index (Phi) is 10.3. The van der Waals surface area contributed by atoms with Crippen molar-refractivity contribution in [2.24, 2.45) is 5.73 Å². The van der Waals surface area contributed by atoms with Gasteiger partial charge in [0.05, 0.1) is 13.0 Å². The largest absolute Gasteiger partial charge is 0.466 e. The first kappa shape index (κ1) is 24.1. The lowest BCUT2D eigenvalue weighted by molar-refractivity contribution is -0.143. The number of hydrogen-bond acceptors (Lipinski definition) is 4. The van der Waals surface area contributed by atoms with Crippen LogP contribution in [0.3, 0.4) is 0 Å². The monoisotopic (exact) mass is 423 g/mol. The molecular weight excluding hydrogens is 390 g/mol. The van der Waals surface area contributed by atoms with E-state index in [9.17, 15) is 9.59 Å². The Balaban J connectivity index is 1.77. The molecule has 0 heterocycles. The molecule has 6 heteroatoms. The van der Waals surface area contributed by atoms with Gasteiger partial charge in [-0.15, -0.1) is 0 Å². The van der Waals surface area contributed by atoms with Crippen LogP contribution in [0, 0.1) is 5.41 Å². The highest BCUT2D eigenvalue weighted by atomic mass is 16.5. The first-order valence-electron chi connectivity index (χ1n) is 10.9. The standard InChI is InChI=1S/C25H33N3O3/c1-2-31-24(30)18-22(17-14-19-8-4-3-5-9-19)28-23(29)11-7-6-10-20-12-15-21(16-13-20)25(26)27/h3-5,8-9,12-13,15-16,22H,2,6-7,10-11,14,17-18H2,1H3,(H3,26,27)(H,28,29). The van der Waals surface area contributed by atoms with Gasteiger partial charge in [-0.1, -0.05) is 54.6 Å². The molecule has 6 nitrogen and oxygen atoms in total. The molecule has 1 atom stereocenters. The first-order valence-corrected chi connectivity index (χ1v) is 10.9. The van der Waals surface area contributed by atoms with E-state index in [1.165, 1.54) is 5.56 Å². The molecule has 0 aliphatic heterocycles. The van der Waals surface area contributed by atoms with Gasteiger partial charge in [0.15, 0.2) is 0 Å². The van der Waals surface area contributed by atoms with Crippen LogP contribution >= 0.6 is 0 Å². The van der Waals surface area contributed by atoms with E-state index in [0.29, 0.717) is 25.0 Å². The molecule has 2 aromatic rings. The van der Waals surface area contributed by atoms with Gasteiger partial charge in [-0.25, -0.2) is 0 Å². The number of ether oxygens (including phenoxy) is 1. The van der Waals surface area contributed by atoms with E-state index in [4.69, 9.17) is 15.9 Å². The molecule has 0 spiro atoms. The fraction of sp³-hybridized carbons (Fsp3) is 0.400. The second kappa shape index (κ2) is 13.2. The minimum Gasteiger partial charge on any atom is -0.466 e. The van der Waals surface area contributed by atoms with Crippen molar-refractivity contribution in [1.82, 2.24) is 5.32 Å². The molecule has 1 amide bonds. The SMILES string of the molecule is CCOC(=O)CC(CCc1ccccc1)NC(=O)CCCCc1ccc(C(=N)N)cc1. The maximum absolute atomic E-state index is 12.4. The average molecular weight is 424 g/mol. The van der Waals surface area contributed by atoms with Crippen LogP contribution in [0.4, 0.5) is 0 Å². The summed E-state index contributed by atoms with van der Waals surface area (Å²) in [5.74, 6) is -0.253. The zero-order valence-electron chi connectivity index (χ0n) is 18.2. The van der Waals surface area contributed by atoms with Gasteiger partial charge in [-0.2, -0.15) is 0 Å². The quantitative estimate of drug-likeness (QED) is 0.197. The second-order valence-corrected chi connectivity index (χ2v) is 7.62. The van der Waals surface area contributed by atoms with Crippen molar-refractivity contribution < 1.29 is 14.3 Å². The molecule has 0 saturated heterocycles. The molecule has 0 aliphatic rings. The van der Waals surface area contributed by atoms with Crippen LogP contribution < -0.4 is 11.1 Å². The summed E-state index contributed by atoms with van der Waals surface area (Å²) < 4.78 is 5.07. The lowest BCUT2D eigenvalue weighted by Gasteiger charge is -2.18. The topological polar surface area (TPSA) is 105 Å². The van der Waals surface area contributed by atoms with Crippen molar-refractivity contribution in [1.29, 1.82) is 5.41 Å². The minimum atomic E-state index is -0.283. The number of aryl methyl sites for hydroxylation is 2. The van der Waals surface area contributed by atoms with Gasteiger partial charge >= 0.3 is 5.97 Å². The predicted molar refractivity (Wildman–Crippen MR) is 123 cm³/mol. The Morgan fingerprint density at radius 1 is 1.00 bits per heavy atom. The number of hydrogen-bond donors (Lipinski definition) is 3. The van der Waals surface area contributed by atoms with Gasteiger partial charge in [-0.3, -0.25) is 15.0 Å². The summed E-state index contributed by atoms with van der Waals surface area (Å²) in [5.41, 5.74) is 8.53. The lowest BCUT2D eigenvalue weighted by Crippen LogP contribution is -2.37. The first-order chi connectivity index (χ1) is 15.0. The van der Waals surface area contributed by atoms with Crippen molar-refractivity contribution in [3.8, 4) is 0 Å². The highest BCUT2D eigenvalue weighted by Gasteiger charge is 2.17. The van der Waals surface area contributed by atoms with E-state index in [1.807, 2.05) is 54.6 Å². The molecule has 2 aromatic carbocycles. The molecule has 0 fully saturated rings. The summed E-state index contributed by atoms with van der Waals surface area (Å²) in [6, 6.07) is 17.4. The third kappa shape index (κ3) is 9.47. The van der Waals surface area contributed by atoms with E-state index in [-0.39, 0.29) is 30.2 Å². The summed E-state index contributed by atoms with van der Waals surface area (Å²) in [4.78, 5) is 24.4. The van der Waals surface area contributed by atoms with Crippen molar-refractivity contribution in [3.63, 3.8) is 0 Å². The highest BCUT2D eigenvalue weighted by Crippen LogP contribution is 2.11. The van der Waals surface area contributed by atoms with E-state index in [1.54, 1.807) is 6.92 Å². The molecule has 0 radical (unpaired) electrons. The fourth-order valence-electron chi connectivity index (χ4n) is 3.40. The molecule has 0 bridgehead atoms. The Labute approximate surface area is 184 Å². The van der Waals surface area contributed by atoms with Crippen molar-refractivity contribution >= 4 is 17.7 Å². The lowest BCUT2D eigenvalue weighted by atomic mass is 10.0. The number of carbonyl (C=O) groups excluding carboxylic acids is 2. The number of nitrogens with one attached hydrogen (secondary N) is 2. The Morgan fingerprint density at radius 2 is 1.68 bits per heavy atom. The van der Waals surface area contributed by atoms with Gasteiger partial charge in [0.2, 0.25) is 5.91 Å². The van der Waals surface area contributed by atoms with Crippen LogP contribution in [0.1, 0.15) is 55.7 Å². The Morgan fingerprint density at radius 3 is 2.32 bits per heavy atom. The summed E-state index contributed by atoms with van der Waals surface area (Å²) in [6.07, 6.45) is 4.62. The third-order valence-electron chi connectivity index (χ3n) is 5.09. The number of amidine groups is 1. The van der Waals surface area contributed by atoms with E-state index in [2.05, 4.69) is 5.32 Å². The average Bonchev–Trinajstić information content (AvgIpc) is 2.76. The van der Waals surface area contributed by atoms with Gasteiger partial charge in [0, 0.05) is 18.0 Å². The van der Waals surface area contributed by atoms with Gasteiger partial charge in [-0.05, 0) is 50.2 Å². The molecule has 2 rings (SSSR count). The Hall–Kier alpha value is -3.15. The summed E-state index contributed by atoms with van der Waals surface area (Å²) in [6.45, 7) is 2.12. The van der Waals surface area contributed by atoms with Crippen LogP contribution in [0.15, 0.2) is 54.6 Å².